The van der Waals surface area contributed by atoms with Crippen molar-refractivity contribution in [3.63, 3.8) is 0 Å². The first kappa shape index (κ1) is 20.9. The van der Waals surface area contributed by atoms with Gasteiger partial charge in [-0.05, 0) is 50.2 Å². The van der Waals surface area contributed by atoms with E-state index in [1.807, 2.05) is 6.07 Å². The number of nitriles is 1. The van der Waals surface area contributed by atoms with Crippen molar-refractivity contribution in [1.29, 1.82) is 5.26 Å². The average Bonchev–Trinajstić information content (AvgIpc) is 3.18. The highest BCUT2D eigenvalue weighted by Gasteiger charge is 2.45. The average molecular weight is 410 g/mol. The van der Waals surface area contributed by atoms with Crippen LogP contribution in [0.5, 0.6) is 0 Å². The molecule has 0 saturated heterocycles. The molecule has 1 N–H and O–H groups in total. The first-order valence-corrected chi connectivity index (χ1v) is 11.2. The van der Waals surface area contributed by atoms with Crippen LogP contribution >= 0.6 is 0 Å². The fraction of sp³-hybridized carbons (Fsp3) is 0.625. The van der Waals surface area contributed by atoms with Crippen LogP contribution in [0.2, 0.25) is 0 Å². The molecule has 2 aliphatic rings. The van der Waals surface area contributed by atoms with E-state index in [2.05, 4.69) is 29.8 Å². The monoisotopic (exact) mass is 409 g/mol. The molecule has 0 aliphatic heterocycles. The third-order valence-corrected chi connectivity index (χ3v) is 7.21. The number of hydrogen-bond donors (Lipinski definition) is 1. The Morgan fingerprint density at radius 3 is 2.77 bits per heavy atom. The van der Waals surface area contributed by atoms with Crippen LogP contribution < -0.4 is 0 Å². The lowest BCUT2D eigenvalue weighted by molar-refractivity contribution is -0.152. The SMILES string of the molecule is CCc1nn(C2CCCCC2)c2cc(C3(C#N)CCC(O)C(C(=O)OC)C3)ccc12. The second kappa shape index (κ2) is 8.39. The summed E-state index contributed by atoms with van der Waals surface area (Å²) >= 11 is 0. The second-order valence-corrected chi connectivity index (χ2v) is 8.90. The molecule has 160 valence electrons. The lowest BCUT2D eigenvalue weighted by Crippen LogP contribution is -2.42. The maximum Gasteiger partial charge on any atom is 0.311 e. The van der Waals surface area contributed by atoms with Gasteiger partial charge in [0, 0.05) is 5.39 Å². The number of rotatable bonds is 4. The highest BCUT2D eigenvalue weighted by Crippen LogP contribution is 2.43. The summed E-state index contributed by atoms with van der Waals surface area (Å²) < 4.78 is 7.09. The van der Waals surface area contributed by atoms with E-state index in [1.165, 1.54) is 26.4 Å². The second-order valence-electron chi connectivity index (χ2n) is 8.90. The molecular formula is C24H31N3O3. The van der Waals surface area contributed by atoms with E-state index in [9.17, 15) is 15.2 Å². The van der Waals surface area contributed by atoms with E-state index < -0.39 is 23.4 Å². The molecule has 6 nitrogen and oxygen atoms in total. The van der Waals surface area contributed by atoms with Crippen molar-refractivity contribution in [3.8, 4) is 6.07 Å². The summed E-state index contributed by atoms with van der Waals surface area (Å²) in [6.07, 6.45) is 7.36. The smallest absolute Gasteiger partial charge is 0.311 e. The Bertz CT molecular complexity index is 970. The van der Waals surface area contributed by atoms with Crippen LogP contribution in [0, 0.1) is 17.2 Å². The number of esters is 1. The van der Waals surface area contributed by atoms with Crippen molar-refractivity contribution in [2.75, 3.05) is 7.11 Å². The summed E-state index contributed by atoms with van der Waals surface area (Å²) in [6, 6.07) is 9.13. The minimum Gasteiger partial charge on any atom is -0.469 e. The van der Waals surface area contributed by atoms with E-state index in [-0.39, 0.29) is 6.42 Å². The molecule has 2 fully saturated rings. The highest BCUT2D eigenvalue weighted by molar-refractivity contribution is 5.83. The molecule has 0 radical (unpaired) electrons. The van der Waals surface area contributed by atoms with Crippen LogP contribution in [0.3, 0.4) is 0 Å². The number of methoxy groups -OCH3 is 1. The zero-order valence-corrected chi connectivity index (χ0v) is 17.9. The van der Waals surface area contributed by atoms with Gasteiger partial charge in [0.2, 0.25) is 0 Å². The van der Waals surface area contributed by atoms with Crippen LogP contribution in [-0.4, -0.2) is 34.1 Å². The van der Waals surface area contributed by atoms with Gasteiger partial charge >= 0.3 is 5.97 Å². The zero-order chi connectivity index (χ0) is 21.3. The molecule has 1 heterocycles. The van der Waals surface area contributed by atoms with Gasteiger partial charge in [-0.2, -0.15) is 10.4 Å². The third kappa shape index (κ3) is 3.50. The minimum absolute atomic E-state index is 0.279. The van der Waals surface area contributed by atoms with Crippen LogP contribution in [0.1, 0.15) is 75.6 Å². The Kier molecular flexibility index (Phi) is 5.84. The van der Waals surface area contributed by atoms with E-state index >= 15 is 0 Å². The standard InChI is InChI=1S/C24H31N3O3/c1-3-20-18-10-9-16(13-21(18)27(26-20)17-7-5-4-6-8-17)24(15-25)12-11-22(28)19(14-24)23(29)30-2/h9-10,13,17,19,22,28H,3-8,11-12,14H2,1-2H3. The van der Waals surface area contributed by atoms with Crippen molar-refractivity contribution < 1.29 is 14.6 Å². The Balaban J connectivity index is 1.78. The van der Waals surface area contributed by atoms with Crippen molar-refractivity contribution in [3.05, 3.63) is 29.5 Å². The predicted molar refractivity (Wildman–Crippen MR) is 114 cm³/mol. The van der Waals surface area contributed by atoms with E-state index in [0.717, 1.165) is 41.4 Å². The summed E-state index contributed by atoms with van der Waals surface area (Å²) in [7, 11) is 1.33. The van der Waals surface area contributed by atoms with E-state index in [4.69, 9.17) is 9.84 Å². The fourth-order valence-electron chi connectivity index (χ4n) is 5.39. The van der Waals surface area contributed by atoms with Gasteiger partial charge in [-0.3, -0.25) is 9.48 Å². The van der Waals surface area contributed by atoms with Crippen molar-refractivity contribution in [2.45, 2.75) is 82.3 Å². The summed E-state index contributed by atoms with van der Waals surface area (Å²) in [5, 5.41) is 26.6. The van der Waals surface area contributed by atoms with Gasteiger partial charge in [0.15, 0.2) is 0 Å². The number of aliphatic hydroxyl groups excluding tert-OH is 1. The van der Waals surface area contributed by atoms with Gasteiger partial charge in [0.25, 0.3) is 0 Å². The largest absolute Gasteiger partial charge is 0.469 e. The van der Waals surface area contributed by atoms with Gasteiger partial charge < -0.3 is 9.84 Å². The van der Waals surface area contributed by atoms with Gasteiger partial charge in [-0.15, -0.1) is 0 Å². The van der Waals surface area contributed by atoms with Gasteiger partial charge in [0.1, 0.15) is 0 Å². The molecule has 6 heteroatoms. The Morgan fingerprint density at radius 2 is 2.10 bits per heavy atom. The lowest BCUT2D eigenvalue weighted by atomic mass is 9.65. The minimum atomic E-state index is -0.805. The summed E-state index contributed by atoms with van der Waals surface area (Å²) in [5.74, 6) is -1.11. The van der Waals surface area contributed by atoms with E-state index in [0.29, 0.717) is 18.9 Å². The van der Waals surface area contributed by atoms with Gasteiger partial charge in [-0.25, -0.2) is 0 Å². The maximum atomic E-state index is 12.2. The summed E-state index contributed by atoms with van der Waals surface area (Å²) in [6.45, 7) is 2.13. The van der Waals surface area contributed by atoms with Crippen LogP contribution in [0.25, 0.3) is 10.9 Å². The van der Waals surface area contributed by atoms with Crippen LogP contribution in [0.4, 0.5) is 0 Å². The number of fused-ring (bicyclic) bond motifs is 1. The van der Waals surface area contributed by atoms with Crippen LogP contribution in [-0.2, 0) is 21.4 Å². The predicted octanol–water partition coefficient (Wildman–Crippen LogP) is 4.20. The number of carbonyl (C=O) groups is 1. The third-order valence-electron chi connectivity index (χ3n) is 7.21. The molecule has 0 amide bonds. The molecular weight excluding hydrogens is 378 g/mol. The number of carbonyl (C=O) groups excluding carboxylic acids is 1. The van der Waals surface area contributed by atoms with Gasteiger partial charge in [0.05, 0.1) is 47.9 Å². The number of benzene rings is 1. The highest BCUT2D eigenvalue weighted by atomic mass is 16.5. The summed E-state index contributed by atoms with van der Waals surface area (Å²) in [4.78, 5) is 12.2. The molecule has 2 saturated carbocycles. The van der Waals surface area contributed by atoms with Gasteiger partial charge in [-0.1, -0.05) is 38.3 Å². The van der Waals surface area contributed by atoms with Crippen molar-refractivity contribution in [2.24, 2.45) is 5.92 Å². The molecule has 3 atom stereocenters. The number of nitrogens with zero attached hydrogens (tertiary/aromatic N) is 3. The topological polar surface area (TPSA) is 88.1 Å². The first-order chi connectivity index (χ1) is 14.5. The number of hydrogen-bond acceptors (Lipinski definition) is 5. The normalized spacial score (nSPS) is 27.7. The number of aryl methyl sites for hydroxylation is 1. The first-order valence-electron chi connectivity index (χ1n) is 11.2. The fourth-order valence-corrected chi connectivity index (χ4v) is 5.39. The molecule has 30 heavy (non-hydrogen) atoms. The number of aliphatic hydroxyl groups is 1. The molecule has 0 bridgehead atoms. The van der Waals surface area contributed by atoms with Crippen molar-refractivity contribution >= 4 is 16.9 Å². The Hall–Kier alpha value is -2.39. The van der Waals surface area contributed by atoms with Crippen LogP contribution in [0.15, 0.2) is 18.2 Å². The quantitative estimate of drug-likeness (QED) is 0.765. The molecule has 1 aromatic carbocycles. The molecule has 2 aliphatic carbocycles. The number of aromatic nitrogens is 2. The van der Waals surface area contributed by atoms with E-state index in [1.54, 1.807) is 0 Å². The Labute approximate surface area is 177 Å². The maximum absolute atomic E-state index is 12.2. The molecule has 3 unspecified atom stereocenters. The van der Waals surface area contributed by atoms with Crippen molar-refractivity contribution in [1.82, 2.24) is 9.78 Å². The number of ether oxygens (including phenoxy) is 1. The molecule has 1 aromatic heterocycles. The summed E-state index contributed by atoms with van der Waals surface area (Å²) in [5.41, 5.74) is 2.30. The molecule has 4 rings (SSSR count). The molecule has 0 spiro atoms. The molecule has 2 aromatic rings. The lowest BCUT2D eigenvalue weighted by Gasteiger charge is -2.37. The Morgan fingerprint density at radius 1 is 1.33 bits per heavy atom. The zero-order valence-electron chi connectivity index (χ0n) is 17.9.